The smallest absolute Gasteiger partial charge is 0.252 e. The van der Waals surface area contributed by atoms with Crippen molar-refractivity contribution in [3.63, 3.8) is 0 Å². The Balaban J connectivity index is 2.62. The Morgan fingerprint density at radius 1 is 1.53 bits per heavy atom. The van der Waals surface area contributed by atoms with Crippen LogP contribution in [0.15, 0.2) is 24.5 Å². The van der Waals surface area contributed by atoms with Gasteiger partial charge in [-0.1, -0.05) is 12.1 Å². The molecule has 0 aliphatic heterocycles. The van der Waals surface area contributed by atoms with E-state index in [1.165, 1.54) is 17.1 Å². The van der Waals surface area contributed by atoms with Crippen LogP contribution in [0.25, 0.3) is 5.69 Å². The van der Waals surface area contributed by atoms with Crippen LogP contribution in [0, 0.1) is 17.1 Å². The molecule has 0 fully saturated rings. The molecule has 0 spiro atoms. The molecule has 6 heteroatoms. The van der Waals surface area contributed by atoms with Gasteiger partial charge in [0.15, 0.2) is 0 Å². The molecule has 0 saturated carbocycles. The van der Waals surface area contributed by atoms with Crippen molar-refractivity contribution >= 4 is 0 Å². The number of hydrogen-bond donors (Lipinski definition) is 1. The first kappa shape index (κ1) is 11.2. The fraction of sp³-hybridized carbons (Fsp3) is 0.182. The highest BCUT2D eigenvalue weighted by Crippen LogP contribution is 2.22. The number of benzene rings is 1. The van der Waals surface area contributed by atoms with Gasteiger partial charge in [-0.2, -0.15) is 5.26 Å². The molecule has 5 nitrogen and oxygen atoms in total. The van der Waals surface area contributed by atoms with Crippen molar-refractivity contribution in [3.05, 3.63) is 41.7 Å². The highest BCUT2D eigenvalue weighted by Gasteiger charge is 2.14. The molecule has 1 unspecified atom stereocenters. The summed E-state index contributed by atoms with van der Waals surface area (Å²) in [6.45, 7) is 1.75. The second-order valence-corrected chi connectivity index (χ2v) is 3.59. The number of nitriles is 1. The lowest BCUT2D eigenvalue weighted by Crippen LogP contribution is -2.12. The summed E-state index contributed by atoms with van der Waals surface area (Å²) in [6.07, 6.45) is 1.29. The molecule has 2 rings (SSSR count). The zero-order valence-electron chi connectivity index (χ0n) is 9.13. The molecule has 86 valence electrons. The van der Waals surface area contributed by atoms with E-state index < -0.39 is 5.82 Å². The maximum Gasteiger partial charge on any atom is 0.252 e. The summed E-state index contributed by atoms with van der Waals surface area (Å²) < 4.78 is 15.0. The summed E-state index contributed by atoms with van der Waals surface area (Å²) in [5, 5.41) is 12.5. The molecule has 2 N–H and O–H groups in total. The number of hydrogen-bond acceptors (Lipinski definition) is 4. The summed E-state index contributed by atoms with van der Waals surface area (Å²) in [5.74, 6) is -0.460. The highest BCUT2D eigenvalue weighted by atomic mass is 19.1. The zero-order valence-corrected chi connectivity index (χ0v) is 9.13. The number of halogens is 1. The molecule has 1 aromatic heterocycles. The molecule has 0 aliphatic carbocycles. The van der Waals surface area contributed by atoms with Crippen LogP contribution < -0.4 is 5.73 Å². The highest BCUT2D eigenvalue weighted by molar-refractivity contribution is 5.43. The van der Waals surface area contributed by atoms with Gasteiger partial charge in [-0.15, -0.1) is 5.10 Å². The largest absolute Gasteiger partial charge is 0.324 e. The van der Waals surface area contributed by atoms with E-state index in [2.05, 4.69) is 10.1 Å². The van der Waals surface area contributed by atoms with Crippen molar-refractivity contribution < 1.29 is 4.39 Å². The van der Waals surface area contributed by atoms with Crippen molar-refractivity contribution in [3.8, 4) is 11.8 Å². The monoisotopic (exact) mass is 231 g/mol. The van der Waals surface area contributed by atoms with Gasteiger partial charge < -0.3 is 5.73 Å². The predicted molar refractivity (Wildman–Crippen MR) is 58.6 cm³/mol. The number of nitrogens with zero attached hydrogens (tertiary/aromatic N) is 4. The van der Waals surface area contributed by atoms with Crippen molar-refractivity contribution in [1.82, 2.24) is 14.8 Å². The van der Waals surface area contributed by atoms with E-state index in [0.717, 1.165) is 0 Å². The van der Waals surface area contributed by atoms with Crippen molar-refractivity contribution in [2.24, 2.45) is 5.73 Å². The first-order chi connectivity index (χ1) is 8.13. The molecular formula is C11H10FN5. The van der Waals surface area contributed by atoms with Crippen LogP contribution in [0.3, 0.4) is 0 Å². The van der Waals surface area contributed by atoms with E-state index in [0.29, 0.717) is 5.56 Å². The lowest BCUT2D eigenvalue weighted by Gasteiger charge is -2.12. The maximum atomic E-state index is 13.8. The third-order valence-electron chi connectivity index (χ3n) is 2.33. The summed E-state index contributed by atoms with van der Waals surface area (Å²) in [4.78, 5) is 3.74. The predicted octanol–water partition coefficient (Wildman–Crippen LogP) is 1.30. The van der Waals surface area contributed by atoms with E-state index in [-0.39, 0.29) is 17.6 Å². The van der Waals surface area contributed by atoms with Gasteiger partial charge in [0.05, 0.1) is 0 Å². The van der Waals surface area contributed by atoms with Gasteiger partial charge in [0.2, 0.25) is 0 Å². The minimum absolute atomic E-state index is 0.0103. The van der Waals surface area contributed by atoms with Gasteiger partial charge in [-0.25, -0.2) is 14.1 Å². The Labute approximate surface area is 97.3 Å². The lowest BCUT2D eigenvalue weighted by atomic mass is 10.1. The van der Waals surface area contributed by atoms with Crippen LogP contribution in [-0.2, 0) is 0 Å². The van der Waals surface area contributed by atoms with E-state index >= 15 is 0 Å². The Morgan fingerprint density at radius 3 is 2.88 bits per heavy atom. The number of para-hydroxylation sites is 1. The van der Waals surface area contributed by atoms with Gasteiger partial charge >= 0.3 is 0 Å². The Bertz CT molecular complexity index is 582. The fourth-order valence-corrected chi connectivity index (χ4v) is 1.56. The van der Waals surface area contributed by atoms with Crippen LogP contribution in [0.2, 0.25) is 0 Å². The van der Waals surface area contributed by atoms with E-state index in [1.807, 2.05) is 0 Å². The third kappa shape index (κ3) is 2.00. The van der Waals surface area contributed by atoms with E-state index in [1.54, 1.807) is 25.1 Å². The average Bonchev–Trinajstić information content (AvgIpc) is 2.76. The van der Waals surface area contributed by atoms with Crippen LogP contribution >= 0.6 is 0 Å². The zero-order chi connectivity index (χ0) is 12.4. The molecule has 0 saturated heterocycles. The van der Waals surface area contributed by atoms with E-state index in [9.17, 15) is 4.39 Å². The van der Waals surface area contributed by atoms with Gasteiger partial charge in [0.1, 0.15) is 23.9 Å². The average molecular weight is 231 g/mol. The van der Waals surface area contributed by atoms with Gasteiger partial charge in [0, 0.05) is 6.04 Å². The molecule has 0 amide bonds. The summed E-state index contributed by atoms with van der Waals surface area (Å²) >= 11 is 0. The standard InChI is InChI=1S/C11H10FN5/c1-7(14)8-3-2-4-9(12)11(8)17-6-15-10(5-13)16-17/h2-4,6-7H,14H2,1H3. The second-order valence-electron chi connectivity index (χ2n) is 3.59. The van der Waals surface area contributed by atoms with Crippen molar-refractivity contribution in [2.45, 2.75) is 13.0 Å². The molecule has 1 aromatic carbocycles. The Kier molecular flexibility index (Phi) is 2.85. The molecule has 0 bridgehead atoms. The SMILES string of the molecule is CC(N)c1cccc(F)c1-n1cnc(C#N)n1. The van der Waals surface area contributed by atoms with Crippen molar-refractivity contribution in [2.75, 3.05) is 0 Å². The normalized spacial score (nSPS) is 12.1. The van der Waals surface area contributed by atoms with Crippen LogP contribution in [0.1, 0.15) is 24.4 Å². The second kappa shape index (κ2) is 4.31. The van der Waals surface area contributed by atoms with Gasteiger partial charge in [0.25, 0.3) is 5.82 Å². The molecule has 17 heavy (non-hydrogen) atoms. The fourth-order valence-electron chi connectivity index (χ4n) is 1.56. The Hall–Kier alpha value is -2.26. The molecule has 1 atom stereocenters. The first-order valence-electron chi connectivity index (χ1n) is 4.99. The van der Waals surface area contributed by atoms with Crippen LogP contribution in [0.5, 0.6) is 0 Å². The maximum absolute atomic E-state index is 13.8. The summed E-state index contributed by atoms with van der Waals surface area (Å²) in [6, 6.07) is 6.07. The van der Waals surface area contributed by atoms with Gasteiger partial charge in [-0.3, -0.25) is 0 Å². The number of nitrogens with two attached hydrogens (primary N) is 1. The Morgan fingerprint density at radius 2 is 2.29 bits per heavy atom. The number of rotatable bonds is 2. The van der Waals surface area contributed by atoms with E-state index in [4.69, 9.17) is 11.0 Å². The third-order valence-corrected chi connectivity index (χ3v) is 2.33. The van der Waals surface area contributed by atoms with Crippen LogP contribution in [-0.4, -0.2) is 14.8 Å². The van der Waals surface area contributed by atoms with Crippen LogP contribution in [0.4, 0.5) is 4.39 Å². The lowest BCUT2D eigenvalue weighted by molar-refractivity contribution is 0.602. The topological polar surface area (TPSA) is 80.5 Å². The minimum atomic E-state index is -0.450. The summed E-state index contributed by atoms with van der Waals surface area (Å²) in [5.41, 5.74) is 6.61. The van der Waals surface area contributed by atoms with Crippen molar-refractivity contribution in [1.29, 1.82) is 5.26 Å². The molecule has 2 aromatic rings. The molecule has 0 aliphatic rings. The van der Waals surface area contributed by atoms with Gasteiger partial charge in [-0.05, 0) is 18.6 Å². The summed E-state index contributed by atoms with van der Waals surface area (Å²) in [7, 11) is 0. The first-order valence-corrected chi connectivity index (χ1v) is 4.99. The molecule has 1 heterocycles. The quantitative estimate of drug-likeness (QED) is 0.844. The molecule has 0 radical (unpaired) electrons. The number of aromatic nitrogens is 3. The minimum Gasteiger partial charge on any atom is -0.324 e. The molecular weight excluding hydrogens is 221 g/mol.